The van der Waals surface area contributed by atoms with Crippen LogP contribution in [-0.4, -0.2) is 200 Å². The van der Waals surface area contributed by atoms with Crippen molar-refractivity contribution in [3.8, 4) is 0 Å². The molecule has 0 radical (unpaired) electrons. The molecular formula is C67H139N7O6. The number of hydrogen-bond donors (Lipinski definition) is 1. The summed E-state index contributed by atoms with van der Waals surface area (Å²) in [7, 11) is 4.19. The SMILES string of the molecule is CC(C)(C)CC(=O)CN1CCC(OC(C)(C)C)CC1.CC(C)(C)OC1CCN(C(C)(C)C)CC1.CC(C)CC(=O)/C=C/CN1CCCCC1.CC(C)NCN(C)C(C)C.CC(C)OCN(C)C(C)C.CC(C)OCN1CCCCC1. The van der Waals surface area contributed by atoms with Gasteiger partial charge >= 0.3 is 0 Å². The molecule has 4 heterocycles. The van der Waals surface area contributed by atoms with Gasteiger partial charge in [0, 0.05) is 89.0 Å². The molecule has 4 rings (SSSR count). The minimum atomic E-state index is -0.0606. The lowest BCUT2D eigenvalue weighted by molar-refractivity contribution is -0.123. The number of ketones is 2. The number of piperidine rings is 4. The maximum Gasteiger partial charge on any atom is 0.155 e. The van der Waals surface area contributed by atoms with Gasteiger partial charge in [0.1, 0.15) is 5.78 Å². The predicted molar refractivity (Wildman–Crippen MR) is 345 cm³/mol. The van der Waals surface area contributed by atoms with Crippen molar-refractivity contribution in [3.05, 3.63) is 12.2 Å². The van der Waals surface area contributed by atoms with Gasteiger partial charge in [0.15, 0.2) is 5.78 Å². The smallest absolute Gasteiger partial charge is 0.155 e. The molecule has 1 N–H and O–H groups in total. The Kier molecular flexibility index (Phi) is 43.7. The van der Waals surface area contributed by atoms with Crippen LogP contribution in [-0.2, 0) is 28.5 Å². The molecular weight excluding hydrogens is 999 g/mol. The first-order valence-corrected chi connectivity index (χ1v) is 32.1. The number of ether oxygens (including phenoxy) is 4. The van der Waals surface area contributed by atoms with Gasteiger partial charge < -0.3 is 24.3 Å². The first kappa shape index (κ1) is 80.7. The standard InChI is InChI=1S/C16H31NO2.C13H27NO.C13H23NO.C9H19NO.C8H20N2.C8H19NO/c1-15(2,3)11-13(18)12-17-9-7-14(8-10-17)19-16(4,5)6;1-12(2,3)14-9-7-11(8-10-14)15-13(4,5)6;1-12(2)11-13(15)7-6-10-14-8-4-3-5-9-14;1-9(2)11-8-10-6-4-3-5-7-10;1-7(2)9-6-10(5)8(3)4;1-7(2)9(5)6-10-8(3)4/h14H,7-12H2,1-6H3;11H,7-10H2,1-6H3;6-7,12H,3-5,8-11H2,1-2H3;9H,3-8H2,1-2H3;7-9H,6H2,1-5H3;7-8H,6H2,1-5H3/b;;7-6+;;;. The monoisotopic (exact) mass is 1140 g/mol. The quantitative estimate of drug-likeness (QED) is 0.0872. The van der Waals surface area contributed by atoms with Gasteiger partial charge in [-0.3, -0.25) is 39.0 Å². The van der Waals surface area contributed by atoms with Crippen molar-refractivity contribution in [1.29, 1.82) is 0 Å². The van der Waals surface area contributed by atoms with Gasteiger partial charge in [-0.15, -0.1) is 0 Å². The number of nitrogens with zero attached hydrogens (tertiary/aromatic N) is 6. The summed E-state index contributed by atoms with van der Waals surface area (Å²) in [5, 5.41) is 3.35. The Hall–Kier alpha value is -1.36. The molecule has 0 aromatic rings. The van der Waals surface area contributed by atoms with Gasteiger partial charge in [-0.05, 0) is 228 Å². The molecule has 0 spiro atoms. The zero-order valence-electron chi connectivity index (χ0n) is 58.1. The maximum absolute atomic E-state index is 12.0. The first-order chi connectivity index (χ1) is 36.8. The second-order valence-electron chi connectivity index (χ2n) is 29.5. The number of allylic oxidation sites excluding steroid dienone is 1. The number of carbonyl (C=O) groups excluding carboxylic acids is 2. The van der Waals surface area contributed by atoms with Crippen LogP contribution >= 0.6 is 0 Å². The maximum atomic E-state index is 12.0. The Morgan fingerprint density at radius 3 is 1.38 bits per heavy atom. The van der Waals surface area contributed by atoms with Crippen LogP contribution in [0.15, 0.2) is 12.2 Å². The largest absolute Gasteiger partial charge is 0.373 e. The molecule has 0 atom stereocenters. The van der Waals surface area contributed by atoms with Crippen molar-refractivity contribution in [2.24, 2.45) is 11.3 Å². The van der Waals surface area contributed by atoms with Crippen LogP contribution < -0.4 is 5.32 Å². The summed E-state index contributed by atoms with van der Waals surface area (Å²) in [5.74, 6) is 1.10. The van der Waals surface area contributed by atoms with Gasteiger partial charge in [0.05, 0.1) is 55.6 Å². The van der Waals surface area contributed by atoms with Gasteiger partial charge in [0.2, 0.25) is 0 Å². The number of rotatable bonds is 21. The number of Topliss-reactive ketones (excluding diaryl/α,β-unsaturated/α-hetero) is 1. The number of carbonyl (C=O) groups is 2. The fraction of sp³-hybridized carbons (Fsp3) is 0.940. The van der Waals surface area contributed by atoms with E-state index in [4.69, 9.17) is 18.9 Å². The fourth-order valence-corrected chi connectivity index (χ4v) is 8.94. The van der Waals surface area contributed by atoms with Crippen molar-refractivity contribution < 1.29 is 28.5 Å². The van der Waals surface area contributed by atoms with Crippen LogP contribution in [0.1, 0.15) is 243 Å². The first-order valence-electron chi connectivity index (χ1n) is 32.1. The molecule has 4 aliphatic rings. The summed E-state index contributed by atoms with van der Waals surface area (Å²) >= 11 is 0. The lowest BCUT2D eigenvalue weighted by atomic mass is 9.90. The van der Waals surface area contributed by atoms with Crippen LogP contribution in [0, 0.1) is 11.3 Å². The van der Waals surface area contributed by atoms with Gasteiger partial charge in [0.25, 0.3) is 0 Å². The van der Waals surface area contributed by atoms with Crippen molar-refractivity contribution in [2.45, 2.75) is 303 Å². The van der Waals surface area contributed by atoms with E-state index in [0.717, 1.165) is 52.6 Å². The molecule has 478 valence electrons. The van der Waals surface area contributed by atoms with E-state index in [1.54, 1.807) is 6.08 Å². The third kappa shape index (κ3) is 51.1. The molecule has 4 fully saturated rings. The zero-order chi connectivity index (χ0) is 61.9. The molecule has 13 nitrogen and oxygen atoms in total. The van der Waals surface area contributed by atoms with E-state index >= 15 is 0 Å². The van der Waals surface area contributed by atoms with E-state index in [-0.39, 0.29) is 22.4 Å². The predicted octanol–water partition coefficient (Wildman–Crippen LogP) is 13.8. The summed E-state index contributed by atoms with van der Waals surface area (Å²) < 4.78 is 22.9. The summed E-state index contributed by atoms with van der Waals surface area (Å²) in [6.07, 6.45) is 19.2. The van der Waals surface area contributed by atoms with Crippen molar-refractivity contribution >= 4 is 11.6 Å². The summed E-state index contributed by atoms with van der Waals surface area (Å²) in [6, 6.07) is 1.78. The third-order valence-electron chi connectivity index (χ3n) is 14.0. The Labute approximate surface area is 498 Å². The molecule has 4 saturated heterocycles. The molecule has 0 aromatic heterocycles. The Morgan fingerprint density at radius 1 is 0.562 bits per heavy atom. The molecule has 0 bridgehead atoms. The van der Waals surface area contributed by atoms with Crippen LogP contribution in [0.2, 0.25) is 0 Å². The zero-order valence-corrected chi connectivity index (χ0v) is 58.1. The molecule has 4 aliphatic heterocycles. The lowest BCUT2D eigenvalue weighted by Crippen LogP contribution is -2.48. The van der Waals surface area contributed by atoms with E-state index < -0.39 is 0 Å². The Bertz CT molecular complexity index is 1490. The Morgan fingerprint density at radius 2 is 1.00 bits per heavy atom. The summed E-state index contributed by atoms with van der Waals surface area (Å²) in [5.41, 5.74) is 0.362. The van der Waals surface area contributed by atoms with E-state index in [1.165, 1.54) is 90.6 Å². The average molecular weight is 1140 g/mol. The van der Waals surface area contributed by atoms with Gasteiger partial charge in [-0.1, -0.05) is 53.5 Å². The molecule has 0 aliphatic carbocycles. The Balaban J connectivity index is 0. The van der Waals surface area contributed by atoms with E-state index in [2.05, 4.69) is 201 Å². The molecule has 0 aromatic carbocycles. The summed E-state index contributed by atoms with van der Waals surface area (Å²) in [6.45, 7) is 64.7. The van der Waals surface area contributed by atoms with Crippen molar-refractivity contribution in [2.75, 3.05) is 99.7 Å². The second kappa shape index (κ2) is 43.3. The van der Waals surface area contributed by atoms with Crippen molar-refractivity contribution in [3.63, 3.8) is 0 Å². The second-order valence-corrected chi connectivity index (χ2v) is 29.5. The minimum absolute atomic E-state index is 0.00850. The highest BCUT2D eigenvalue weighted by atomic mass is 16.5. The molecule has 0 amide bonds. The molecule has 0 saturated carbocycles. The summed E-state index contributed by atoms with van der Waals surface area (Å²) in [4.78, 5) is 37.4. The highest BCUT2D eigenvalue weighted by Gasteiger charge is 2.30. The fourth-order valence-electron chi connectivity index (χ4n) is 8.94. The van der Waals surface area contributed by atoms with E-state index in [1.807, 2.05) is 19.9 Å². The molecule has 13 heteroatoms. The highest BCUT2D eigenvalue weighted by Crippen LogP contribution is 2.25. The highest BCUT2D eigenvalue weighted by molar-refractivity contribution is 5.89. The normalized spacial score (nSPS) is 18.2. The number of nitrogens with one attached hydrogen (secondary N) is 1. The van der Waals surface area contributed by atoms with Crippen LogP contribution in [0.5, 0.6) is 0 Å². The molecule has 0 unspecified atom stereocenters. The topological polar surface area (TPSA) is 103 Å². The number of hydrogen-bond acceptors (Lipinski definition) is 13. The third-order valence-corrected chi connectivity index (χ3v) is 14.0. The average Bonchev–Trinajstić information content (AvgIpc) is 3.32. The molecule has 80 heavy (non-hydrogen) atoms. The van der Waals surface area contributed by atoms with E-state index in [0.29, 0.717) is 79.2 Å². The van der Waals surface area contributed by atoms with Gasteiger partial charge in [-0.25, -0.2) is 0 Å². The van der Waals surface area contributed by atoms with Gasteiger partial charge in [-0.2, -0.15) is 0 Å². The van der Waals surface area contributed by atoms with E-state index in [9.17, 15) is 9.59 Å². The lowest BCUT2D eigenvalue weighted by Gasteiger charge is -2.42. The number of likely N-dealkylation sites (tertiary alicyclic amines) is 4. The van der Waals surface area contributed by atoms with Crippen LogP contribution in [0.25, 0.3) is 0 Å². The van der Waals surface area contributed by atoms with Crippen LogP contribution in [0.4, 0.5) is 0 Å². The minimum Gasteiger partial charge on any atom is -0.373 e. The van der Waals surface area contributed by atoms with Crippen LogP contribution in [0.3, 0.4) is 0 Å². The van der Waals surface area contributed by atoms with Crippen molar-refractivity contribution in [1.82, 2.24) is 34.7 Å².